The van der Waals surface area contributed by atoms with Crippen LogP contribution in [-0.4, -0.2) is 50.3 Å². The lowest BCUT2D eigenvalue weighted by Crippen LogP contribution is -2.42. The molecule has 5 heteroatoms. The molecule has 1 saturated heterocycles. The molecule has 0 aromatic heterocycles. The molecule has 5 nitrogen and oxygen atoms in total. The van der Waals surface area contributed by atoms with Crippen molar-refractivity contribution in [3.05, 3.63) is 30.3 Å². The first kappa shape index (κ1) is 13.8. The zero-order chi connectivity index (χ0) is 13.5. The minimum absolute atomic E-state index is 0.171. The third-order valence-electron chi connectivity index (χ3n) is 3.13. The van der Waals surface area contributed by atoms with Gasteiger partial charge in [0.05, 0.1) is 12.7 Å². The molecule has 2 N–H and O–H groups in total. The van der Waals surface area contributed by atoms with Gasteiger partial charge in [-0.1, -0.05) is 18.2 Å². The molecule has 1 aliphatic heterocycles. The number of nitrogens with one attached hydrogen (secondary N) is 2. The quantitative estimate of drug-likeness (QED) is 0.866. The zero-order valence-electron chi connectivity index (χ0n) is 11.3. The fourth-order valence-corrected chi connectivity index (χ4v) is 2.08. The Morgan fingerprint density at radius 3 is 2.95 bits per heavy atom. The van der Waals surface area contributed by atoms with E-state index in [-0.39, 0.29) is 12.1 Å². The normalized spacial score (nSPS) is 19.9. The van der Waals surface area contributed by atoms with E-state index in [1.807, 2.05) is 30.3 Å². The minimum atomic E-state index is -0.171. The molecule has 1 fully saturated rings. The smallest absolute Gasteiger partial charge is 0.319 e. The molecule has 0 aliphatic carbocycles. The van der Waals surface area contributed by atoms with E-state index in [0.29, 0.717) is 6.54 Å². The van der Waals surface area contributed by atoms with Gasteiger partial charge in [0, 0.05) is 25.3 Å². The van der Waals surface area contributed by atoms with Crippen LogP contribution in [0.4, 0.5) is 10.5 Å². The van der Waals surface area contributed by atoms with Gasteiger partial charge in [-0.25, -0.2) is 4.79 Å². The van der Waals surface area contributed by atoms with Crippen molar-refractivity contribution < 1.29 is 9.53 Å². The minimum Gasteiger partial charge on any atom is -0.375 e. The standard InChI is InChI=1S/C14H21N3O2/c1-17-9-10-19-13(11-17)7-8-15-14(18)16-12-5-3-2-4-6-12/h2-6,13H,7-11H2,1H3,(H2,15,16,18). The summed E-state index contributed by atoms with van der Waals surface area (Å²) in [6.07, 6.45) is 1.06. The third-order valence-corrected chi connectivity index (χ3v) is 3.13. The van der Waals surface area contributed by atoms with Crippen molar-refractivity contribution in [3.8, 4) is 0 Å². The number of likely N-dealkylation sites (N-methyl/N-ethyl adjacent to an activating group) is 1. The Balaban J connectivity index is 1.64. The van der Waals surface area contributed by atoms with Crippen LogP contribution < -0.4 is 10.6 Å². The molecule has 2 rings (SSSR count). The van der Waals surface area contributed by atoms with E-state index in [1.54, 1.807) is 0 Å². The van der Waals surface area contributed by atoms with E-state index < -0.39 is 0 Å². The first-order chi connectivity index (χ1) is 9.24. The molecule has 2 amide bonds. The van der Waals surface area contributed by atoms with Crippen molar-refractivity contribution in [3.63, 3.8) is 0 Å². The van der Waals surface area contributed by atoms with Gasteiger partial charge in [-0.3, -0.25) is 0 Å². The summed E-state index contributed by atoms with van der Waals surface area (Å²) < 4.78 is 5.64. The van der Waals surface area contributed by atoms with Gasteiger partial charge >= 0.3 is 6.03 Å². The molecule has 1 aliphatic rings. The van der Waals surface area contributed by atoms with Crippen LogP contribution in [0, 0.1) is 0 Å². The van der Waals surface area contributed by atoms with Gasteiger partial charge < -0.3 is 20.3 Å². The van der Waals surface area contributed by atoms with Crippen LogP contribution in [0.5, 0.6) is 0 Å². The summed E-state index contributed by atoms with van der Waals surface area (Å²) in [5.41, 5.74) is 0.800. The molecular weight excluding hydrogens is 242 g/mol. The monoisotopic (exact) mass is 263 g/mol. The van der Waals surface area contributed by atoms with Crippen molar-refractivity contribution in [1.82, 2.24) is 10.2 Å². The average Bonchev–Trinajstić information content (AvgIpc) is 2.40. The summed E-state index contributed by atoms with van der Waals surface area (Å²) >= 11 is 0. The lowest BCUT2D eigenvalue weighted by molar-refractivity contribution is -0.0224. The Labute approximate surface area is 113 Å². The summed E-state index contributed by atoms with van der Waals surface area (Å²) in [6.45, 7) is 3.31. The summed E-state index contributed by atoms with van der Waals surface area (Å²) in [7, 11) is 2.09. The predicted octanol–water partition coefficient (Wildman–Crippen LogP) is 1.53. The van der Waals surface area contributed by atoms with E-state index in [0.717, 1.165) is 31.8 Å². The SMILES string of the molecule is CN1CCOC(CCNC(=O)Nc2ccccc2)C1. The number of ether oxygens (including phenoxy) is 1. The largest absolute Gasteiger partial charge is 0.375 e. The Hall–Kier alpha value is -1.59. The highest BCUT2D eigenvalue weighted by Gasteiger charge is 2.17. The molecule has 0 bridgehead atoms. The Bertz CT molecular complexity index is 397. The van der Waals surface area contributed by atoms with Gasteiger partial charge in [-0.2, -0.15) is 0 Å². The Kier molecular flexibility index (Phi) is 5.18. The van der Waals surface area contributed by atoms with Crippen LogP contribution in [0.15, 0.2) is 30.3 Å². The van der Waals surface area contributed by atoms with Crippen molar-refractivity contribution in [2.45, 2.75) is 12.5 Å². The Morgan fingerprint density at radius 2 is 2.21 bits per heavy atom. The average molecular weight is 263 g/mol. The van der Waals surface area contributed by atoms with Gasteiger partial charge in [0.2, 0.25) is 0 Å². The number of benzene rings is 1. The van der Waals surface area contributed by atoms with E-state index in [2.05, 4.69) is 22.6 Å². The van der Waals surface area contributed by atoms with Gasteiger partial charge in [0.15, 0.2) is 0 Å². The van der Waals surface area contributed by atoms with Crippen LogP contribution in [0.25, 0.3) is 0 Å². The number of morpholine rings is 1. The number of rotatable bonds is 4. The number of urea groups is 1. The fourth-order valence-electron chi connectivity index (χ4n) is 2.08. The third kappa shape index (κ3) is 4.89. The molecule has 1 atom stereocenters. The molecule has 104 valence electrons. The molecule has 19 heavy (non-hydrogen) atoms. The predicted molar refractivity (Wildman–Crippen MR) is 75.3 cm³/mol. The molecule has 0 radical (unpaired) electrons. The van der Waals surface area contributed by atoms with Crippen molar-refractivity contribution in [2.75, 3.05) is 38.6 Å². The van der Waals surface area contributed by atoms with E-state index >= 15 is 0 Å². The van der Waals surface area contributed by atoms with Gasteiger partial charge in [-0.15, -0.1) is 0 Å². The number of hydrogen-bond donors (Lipinski definition) is 2. The van der Waals surface area contributed by atoms with Crippen LogP contribution >= 0.6 is 0 Å². The van der Waals surface area contributed by atoms with E-state index in [4.69, 9.17) is 4.74 Å². The van der Waals surface area contributed by atoms with Crippen molar-refractivity contribution >= 4 is 11.7 Å². The fraction of sp³-hybridized carbons (Fsp3) is 0.500. The van der Waals surface area contributed by atoms with Crippen LogP contribution in [0.3, 0.4) is 0 Å². The van der Waals surface area contributed by atoms with E-state index in [9.17, 15) is 4.79 Å². The summed E-state index contributed by atoms with van der Waals surface area (Å²) in [5.74, 6) is 0. The number of carbonyl (C=O) groups excluding carboxylic acids is 1. The number of para-hydroxylation sites is 1. The number of anilines is 1. The van der Waals surface area contributed by atoms with E-state index in [1.165, 1.54) is 0 Å². The number of nitrogens with zero attached hydrogens (tertiary/aromatic N) is 1. The molecule has 1 unspecified atom stereocenters. The first-order valence-electron chi connectivity index (χ1n) is 6.64. The summed E-state index contributed by atoms with van der Waals surface area (Å²) in [5, 5.41) is 5.63. The maximum absolute atomic E-state index is 11.6. The second kappa shape index (κ2) is 7.11. The molecule has 0 spiro atoms. The van der Waals surface area contributed by atoms with Gasteiger partial charge in [0.25, 0.3) is 0 Å². The topological polar surface area (TPSA) is 53.6 Å². The molecule has 1 aromatic rings. The summed E-state index contributed by atoms with van der Waals surface area (Å²) in [6, 6.07) is 9.25. The molecule has 1 heterocycles. The lowest BCUT2D eigenvalue weighted by atomic mass is 10.2. The maximum Gasteiger partial charge on any atom is 0.319 e. The number of hydrogen-bond acceptors (Lipinski definition) is 3. The summed E-state index contributed by atoms with van der Waals surface area (Å²) in [4.78, 5) is 13.9. The highest BCUT2D eigenvalue weighted by molar-refractivity contribution is 5.89. The second-order valence-corrected chi connectivity index (χ2v) is 4.79. The molecule has 1 aromatic carbocycles. The highest BCUT2D eigenvalue weighted by atomic mass is 16.5. The first-order valence-corrected chi connectivity index (χ1v) is 6.64. The Morgan fingerprint density at radius 1 is 1.42 bits per heavy atom. The molecular formula is C14H21N3O2. The van der Waals surface area contributed by atoms with Crippen LogP contribution in [0.1, 0.15) is 6.42 Å². The van der Waals surface area contributed by atoms with Gasteiger partial charge in [-0.05, 0) is 25.6 Å². The lowest BCUT2D eigenvalue weighted by Gasteiger charge is -2.30. The number of carbonyl (C=O) groups is 1. The molecule has 0 saturated carbocycles. The number of amides is 2. The van der Waals surface area contributed by atoms with Crippen LogP contribution in [-0.2, 0) is 4.74 Å². The maximum atomic E-state index is 11.6. The van der Waals surface area contributed by atoms with Crippen LogP contribution in [0.2, 0.25) is 0 Å². The zero-order valence-corrected chi connectivity index (χ0v) is 11.3. The second-order valence-electron chi connectivity index (χ2n) is 4.79. The van der Waals surface area contributed by atoms with Crippen molar-refractivity contribution in [1.29, 1.82) is 0 Å². The van der Waals surface area contributed by atoms with Crippen molar-refractivity contribution in [2.24, 2.45) is 0 Å². The highest BCUT2D eigenvalue weighted by Crippen LogP contribution is 2.06. The van der Waals surface area contributed by atoms with Gasteiger partial charge in [0.1, 0.15) is 0 Å².